The van der Waals surface area contributed by atoms with Gasteiger partial charge in [0.05, 0.1) is 29.9 Å². The highest BCUT2D eigenvalue weighted by Gasteiger charge is 2.05. The van der Waals surface area contributed by atoms with E-state index >= 15 is 0 Å². The number of nitrogens with zero attached hydrogens (tertiary/aromatic N) is 3. The van der Waals surface area contributed by atoms with Crippen LogP contribution in [0.1, 0.15) is 16.7 Å². The van der Waals surface area contributed by atoms with Gasteiger partial charge in [0, 0.05) is 5.39 Å². The monoisotopic (exact) mass is 247 g/mol. The molecular weight excluding hydrogens is 234 g/mol. The van der Waals surface area contributed by atoms with E-state index in [9.17, 15) is 0 Å². The van der Waals surface area contributed by atoms with Crippen LogP contribution in [0.15, 0.2) is 48.7 Å². The van der Waals surface area contributed by atoms with E-state index in [0.29, 0.717) is 5.56 Å². The molecule has 0 radical (unpaired) electrons. The van der Waals surface area contributed by atoms with Crippen LogP contribution in [-0.4, -0.2) is 9.78 Å². The van der Waals surface area contributed by atoms with E-state index in [1.165, 1.54) is 5.56 Å². The highest BCUT2D eigenvalue weighted by atomic mass is 15.3. The highest BCUT2D eigenvalue weighted by molar-refractivity contribution is 5.78. The fourth-order valence-corrected chi connectivity index (χ4v) is 2.26. The third-order valence-electron chi connectivity index (χ3n) is 3.34. The summed E-state index contributed by atoms with van der Waals surface area (Å²) in [5, 5.41) is 14.5. The second-order valence-corrected chi connectivity index (χ2v) is 4.61. The molecular formula is C16H13N3. The van der Waals surface area contributed by atoms with Crippen molar-refractivity contribution in [3.63, 3.8) is 0 Å². The van der Waals surface area contributed by atoms with Crippen molar-refractivity contribution in [3.8, 4) is 6.07 Å². The summed E-state index contributed by atoms with van der Waals surface area (Å²) in [5.74, 6) is 0. The van der Waals surface area contributed by atoms with Crippen molar-refractivity contribution in [3.05, 3.63) is 65.4 Å². The first-order valence-electron chi connectivity index (χ1n) is 6.18. The van der Waals surface area contributed by atoms with Crippen LogP contribution in [0, 0.1) is 18.3 Å². The zero-order valence-corrected chi connectivity index (χ0v) is 10.7. The summed E-state index contributed by atoms with van der Waals surface area (Å²) in [6, 6.07) is 16.1. The summed E-state index contributed by atoms with van der Waals surface area (Å²) in [5.41, 5.74) is 4.14. The molecule has 0 bridgehead atoms. The predicted molar refractivity (Wildman–Crippen MR) is 74.7 cm³/mol. The average Bonchev–Trinajstić information content (AvgIpc) is 2.84. The number of benzene rings is 2. The summed E-state index contributed by atoms with van der Waals surface area (Å²) in [7, 11) is 0. The summed E-state index contributed by atoms with van der Waals surface area (Å²) >= 11 is 0. The molecule has 0 N–H and O–H groups in total. The summed E-state index contributed by atoms with van der Waals surface area (Å²) < 4.78 is 1.99. The fraction of sp³-hybridized carbons (Fsp3) is 0.125. The quantitative estimate of drug-likeness (QED) is 0.697. The lowest BCUT2D eigenvalue weighted by atomic mass is 10.1. The Hall–Kier alpha value is -2.60. The Morgan fingerprint density at radius 2 is 2.05 bits per heavy atom. The molecule has 92 valence electrons. The Morgan fingerprint density at radius 3 is 2.84 bits per heavy atom. The van der Waals surface area contributed by atoms with Crippen LogP contribution < -0.4 is 0 Å². The molecule has 0 spiro atoms. The van der Waals surface area contributed by atoms with Crippen LogP contribution in [0.25, 0.3) is 10.9 Å². The van der Waals surface area contributed by atoms with Gasteiger partial charge in [-0.25, -0.2) is 0 Å². The Morgan fingerprint density at radius 1 is 1.21 bits per heavy atom. The van der Waals surface area contributed by atoms with Gasteiger partial charge in [0.2, 0.25) is 0 Å². The average molecular weight is 247 g/mol. The number of nitriles is 1. The minimum atomic E-state index is 0.701. The zero-order valence-electron chi connectivity index (χ0n) is 10.7. The fourth-order valence-electron chi connectivity index (χ4n) is 2.26. The van der Waals surface area contributed by atoms with Gasteiger partial charge in [-0.3, -0.25) is 4.68 Å². The van der Waals surface area contributed by atoms with Gasteiger partial charge in [0.1, 0.15) is 0 Å². The van der Waals surface area contributed by atoms with E-state index in [-0.39, 0.29) is 0 Å². The molecule has 0 saturated heterocycles. The van der Waals surface area contributed by atoms with Crippen LogP contribution in [0.2, 0.25) is 0 Å². The third-order valence-corrected chi connectivity index (χ3v) is 3.34. The van der Waals surface area contributed by atoms with Crippen LogP contribution in [0.5, 0.6) is 0 Å². The molecule has 19 heavy (non-hydrogen) atoms. The van der Waals surface area contributed by atoms with Gasteiger partial charge >= 0.3 is 0 Å². The lowest BCUT2D eigenvalue weighted by Gasteiger charge is -2.07. The van der Waals surface area contributed by atoms with E-state index in [4.69, 9.17) is 5.26 Å². The van der Waals surface area contributed by atoms with Gasteiger partial charge in [0.25, 0.3) is 0 Å². The number of aromatic nitrogens is 2. The van der Waals surface area contributed by atoms with Gasteiger partial charge in [-0.2, -0.15) is 10.4 Å². The van der Waals surface area contributed by atoms with Crippen LogP contribution in [0.4, 0.5) is 0 Å². The standard InChI is InChI=1S/C16H13N3/c1-12-8-13(9-17)6-7-15(12)11-19-16-5-3-2-4-14(16)10-18-19/h2-8,10H,11H2,1H3. The molecule has 0 unspecified atom stereocenters. The molecule has 3 heteroatoms. The van der Waals surface area contributed by atoms with E-state index in [1.54, 1.807) is 0 Å². The van der Waals surface area contributed by atoms with Crippen molar-refractivity contribution >= 4 is 10.9 Å². The summed E-state index contributed by atoms with van der Waals surface area (Å²) in [6.07, 6.45) is 1.88. The Labute approximate surface area is 111 Å². The normalized spacial score (nSPS) is 10.5. The number of fused-ring (bicyclic) bond motifs is 1. The molecule has 0 fully saturated rings. The number of hydrogen-bond donors (Lipinski definition) is 0. The smallest absolute Gasteiger partial charge is 0.0991 e. The lowest BCUT2D eigenvalue weighted by molar-refractivity contribution is 0.709. The maximum atomic E-state index is 8.88. The molecule has 0 aliphatic rings. The summed E-state index contributed by atoms with van der Waals surface area (Å²) in [4.78, 5) is 0. The van der Waals surface area contributed by atoms with Crippen LogP contribution >= 0.6 is 0 Å². The summed E-state index contributed by atoms with van der Waals surface area (Å²) in [6.45, 7) is 2.76. The second-order valence-electron chi connectivity index (χ2n) is 4.61. The molecule has 1 aromatic heterocycles. The molecule has 3 nitrogen and oxygen atoms in total. The number of para-hydroxylation sites is 1. The molecule has 3 rings (SSSR count). The van der Waals surface area contributed by atoms with E-state index in [1.807, 2.05) is 48.1 Å². The van der Waals surface area contributed by atoms with Crippen LogP contribution in [-0.2, 0) is 6.54 Å². The van der Waals surface area contributed by atoms with Crippen molar-refractivity contribution in [2.24, 2.45) is 0 Å². The minimum Gasteiger partial charge on any atom is -0.260 e. The number of aryl methyl sites for hydroxylation is 1. The predicted octanol–water partition coefficient (Wildman–Crippen LogP) is 3.26. The first-order valence-corrected chi connectivity index (χ1v) is 6.18. The van der Waals surface area contributed by atoms with Crippen molar-refractivity contribution in [2.45, 2.75) is 13.5 Å². The zero-order chi connectivity index (χ0) is 13.2. The van der Waals surface area contributed by atoms with E-state index < -0.39 is 0 Å². The van der Waals surface area contributed by atoms with Gasteiger partial charge in [0.15, 0.2) is 0 Å². The molecule has 0 aliphatic carbocycles. The third kappa shape index (κ3) is 2.09. The van der Waals surface area contributed by atoms with Gasteiger partial charge in [-0.05, 0) is 36.2 Å². The van der Waals surface area contributed by atoms with E-state index in [0.717, 1.165) is 23.0 Å². The minimum absolute atomic E-state index is 0.701. The largest absolute Gasteiger partial charge is 0.260 e. The van der Waals surface area contributed by atoms with Gasteiger partial charge < -0.3 is 0 Å². The molecule has 1 heterocycles. The van der Waals surface area contributed by atoms with Crippen molar-refractivity contribution in [1.82, 2.24) is 9.78 Å². The van der Waals surface area contributed by atoms with E-state index in [2.05, 4.69) is 23.3 Å². The topological polar surface area (TPSA) is 41.6 Å². The SMILES string of the molecule is Cc1cc(C#N)ccc1Cn1ncc2ccccc21. The van der Waals surface area contributed by atoms with Crippen molar-refractivity contribution in [1.29, 1.82) is 5.26 Å². The Kier molecular flexibility index (Phi) is 2.77. The molecule has 2 aromatic carbocycles. The maximum Gasteiger partial charge on any atom is 0.0991 e. The van der Waals surface area contributed by atoms with Gasteiger partial charge in [-0.15, -0.1) is 0 Å². The highest BCUT2D eigenvalue weighted by Crippen LogP contribution is 2.17. The maximum absolute atomic E-state index is 8.88. The number of hydrogen-bond acceptors (Lipinski definition) is 2. The molecule has 0 amide bonds. The van der Waals surface area contributed by atoms with Crippen LogP contribution in [0.3, 0.4) is 0 Å². The lowest BCUT2D eigenvalue weighted by Crippen LogP contribution is -2.03. The Bertz CT molecular complexity index is 778. The number of rotatable bonds is 2. The molecule has 0 aliphatic heterocycles. The molecule has 3 aromatic rings. The Balaban J connectivity index is 2.00. The first kappa shape index (κ1) is 11.5. The first-order chi connectivity index (χ1) is 9.28. The molecule has 0 atom stereocenters. The van der Waals surface area contributed by atoms with Gasteiger partial charge in [-0.1, -0.05) is 24.3 Å². The second kappa shape index (κ2) is 4.58. The van der Waals surface area contributed by atoms with Crippen molar-refractivity contribution < 1.29 is 0 Å². The molecule has 0 saturated carbocycles. The van der Waals surface area contributed by atoms with Crippen molar-refractivity contribution in [2.75, 3.05) is 0 Å².